The van der Waals surface area contributed by atoms with Crippen molar-refractivity contribution in [2.45, 2.75) is 26.3 Å². The molecule has 0 aromatic carbocycles. The molecule has 16 heavy (non-hydrogen) atoms. The Hall–Kier alpha value is -0.810. The summed E-state index contributed by atoms with van der Waals surface area (Å²) >= 11 is 0. The number of hydrogen-bond donors (Lipinski definition) is 1. The molecular weight excluding hydrogens is 226 g/mol. The van der Waals surface area contributed by atoms with Gasteiger partial charge >= 0.3 is 0 Å². The first kappa shape index (κ1) is 13.3. The van der Waals surface area contributed by atoms with Gasteiger partial charge in [0.2, 0.25) is 0 Å². The van der Waals surface area contributed by atoms with Crippen LogP contribution in [0.5, 0.6) is 0 Å². The summed E-state index contributed by atoms with van der Waals surface area (Å²) in [5, 5.41) is 3.04. The molecule has 1 N–H and O–H groups in total. The molecule has 0 unspecified atom stereocenters. The first-order valence-electron chi connectivity index (χ1n) is 5.35. The Bertz CT molecular complexity index is 420. The molecule has 0 aliphatic rings. The Morgan fingerprint density at radius 3 is 2.56 bits per heavy atom. The van der Waals surface area contributed by atoms with Crippen LogP contribution in [0.1, 0.15) is 31.3 Å². The molecule has 1 heterocycles. The third-order valence-corrected chi connectivity index (χ3v) is 3.15. The second-order valence-corrected chi connectivity index (χ2v) is 6.53. The van der Waals surface area contributed by atoms with Crippen LogP contribution in [0.25, 0.3) is 0 Å². The molecule has 0 radical (unpaired) electrons. The van der Waals surface area contributed by atoms with E-state index in [-0.39, 0.29) is 5.75 Å². The molecule has 92 valence electrons. The zero-order valence-corrected chi connectivity index (χ0v) is 10.8. The second-order valence-electron chi connectivity index (χ2n) is 4.27. The van der Waals surface area contributed by atoms with E-state index in [1.165, 1.54) is 6.26 Å². The smallest absolute Gasteiger partial charge is 0.148 e. The minimum absolute atomic E-state index is 0.157. The van der Waals surface area contributed by atoms with Gasteiger partial charge in [-0.05, 0) is 12.1 Å². The third kappa shape index (κ3) is 4.81. The van der Waals surface area contributed by atoms with Crippen LogP contribution in [-0.4, -0.2) is 27.0 Å². The van der Waals surface area contributed by atoms with Gasteiger partial charge in [-0.3, -0.25) is 0 Å². The fraction of sp³-hybridized carbons (Fsp3) is 0.636. The Labute approximate surface area is 97.0 Å². The van der Waals surface area contributed by atoms with Crippen molar-refractivity contribution in [3.63, 3.8) is 0 Å². The van der Waals surface area contributed by atoms with E-state index in [9.17, 15) is 8.42 Å². The van der Waals surface area contributed by atoms with Crippen molar-refractivity contribution in [3.05, 3.63) is 23.7 Å². The van der Waals surface area contributed by atoms with Gasteiger partial charge < -0.3 is 9.73 Å². The highest BCUT2D eigenvalue weighted by Gasteiger charge is 2.06. The molecule has 0 amide bonds. The molecule has 0 aliphatic heterocycles. The maximum absolute atomic E-state index is 10.9. The summed E-state index contributed by atoms with van der Waals surface area (Å²) < 4.78 is 27.3. The van der Waals surface area contributed by atoms with Crippen LogP contribution in [0.2, 0.25) is 0 Å². The predicted molar refractivity (Wildman–Crippen MR) is 64.2 cm³/mol. The maximum Gasteiger partial charge on any atom is 0.148 e. The molecule has 0 atom stereocenters. The summed E-state index contributed by atoms with van der Waals surface area (Å²) in [5.41, 5.74) is 0. The lowest BCUT2D eigenvalue weighted by Crippen LogP contribution is -2.21. The van der Waals surface area contributed by atoms with Gasteiger partial charge in [0.25, 0.3) is 0 Å². The molecule has 4 nitrogen and oxygen atoms in total. The normalized spacial score (nSPS) is 12.2. The third-order valence-electron chi connectivity index (χ3n) is 2.20. The van der Waals surface area contributed by atoms with Crippen molar-refractivity contribution in [2.24, 2.45) is 0 Å². The number of nitrogens with one attached hydrogen (secondary N) is 1. The summed E-state index contributed by atoms with van der Waals surface area (Å²) in [6.45, 7) is 5.16. The van der Waals surface area contributed by atoms with E-state index < -0.39 is 9.84 Å². The van der Waals surface area contributed by atoms with E-state index >= 15 is 0 Å². The standard InChI is InChI=1S/C11H19NO3S/c1-9(2)11-5-4-10(15-11)8-12-6-7-16(3,13)14/h4-5,9,12H,6-8H2,1-3H3. The molecule has 0 saturated carbocycles. The number of rotatable bonds is 6. The molecule has 0 spiro atoms. The highest BCUT2D eigenvalue weighted by Crippen LogP contribution is 2.17. The van der Waals surface area contributed by atoms with E-state index in [0.717, 1.165) is 11.5 Å². The average molecular weight is 245 g/mol. The molecule has 0 aliphatic carbocycles. The zero-order chi connectivity index (χ0) is 12.2. The van der Waals surface area contributed by atoms with Crippen LogP contribution in [0.3, 0.4) is 0 Å². The van der Waals surface area contributed by atoms with Crippen LogP contribution in [-0.2, 0) is 16.4 Å². The van der Waals surface area contributed by atoms with Gasteiger partial charge in [0, 0.05) is 18.7 Å². The number of hydrogen-bond acceptors (Lipinski definition) is 4. The fourth-order valence-corrected chi connectivity index (χ4v) is 1.78. The maximum atomic E-state index is 10.9. The van der Waals surface area contributed by atoms with Gasteiger partial charge in [-0.1, -0.05) is 13.8 Å². The Morgan fingerprint density at radius 1 is 1.38 bits per heavy atom. The van der Waals surface area contributed by atoms with Gasteiger partial charge in [0.15, 0.2) is 0 Å². The summed E-state index contributed by atoms with van der Waals surface area (Å²) in [4.78, 5) is 0. The topological polar surface area (TPSA) is 59.3 Å². The van der Waals surface area contributed by atoms with Crippen LogP contribution in [0, 0.1) is 0 Å². The molecule has 0 bridgehead atoms. The summed E-state index contributed by atoms with van der Waals surface area (Å²) in [7, 11) is -2.88. The minimum atomic E-state index is -2.88. The van der Waals surface area contributed by atoms with E-state index in [0.29, 0.717) is 19.0 Å². The van der Waals surface area contributed by atoms with Crippen LogP contribution in [0.4, 0.5) is 0 Å². The van der Waals surface area contributed by atoms with Crippen molar-refractivity contribution in [1.29, 1.82) is 0 Å². The van der Waals surface area contributed by atoms with Crippen LogP contribution < -0.4 is 5.32 Å². The molecule has 1 rings (SSSR count). The predicted octanol–water partition coefficient (Wildman–Crippen LogP) is 1.54. The number of sulfone groups is 1. The molecule has 1 aromatic rings. The zero-order valence-electron chi connectivity index (χ0n) is 9.99. The monoisotopic (exact) mass is 245 g/mol. The lowest BCUT2D eigenvalue weighted by Gasteiger charge is -2.02. The Morgan fingerprint density at radius 2 is 2.06 bits per heavy atom. The Kier molecular flexibility index (Phi) is 4.56. The first-order valence-corrected chi connectivity index (χ1v) is 7.41. The van der Waals surface area contributed by atoms with Gasteiger partial charge in [0.1, 0.15) is 21.4 Å². The lowest BCUT2D eigenvalue weighted by atomic mass is 10.2. The molecule has 0 saturated heterocycles. The molecule has 0 fully saturated rings. The van der Waals surface area contributed by atoms with Crippen molar-refractivity contribution in [2.75, 3.05) is 18.6 Å². The van der Waals surface area contributed by atoms with Crippen molar-refractivity contribution >= 4 is 9.84 Å². The largest absolute Gasteiger partial charge is 0.464 e. The summed E-state index contributed by atoms with van der Waals surface area (Å²) in [6, 6.07) is 3.88. The first-order chi connectivity index (χ1) is 7.38. The van der Waals surface area contributed by atoms with Gasteiger partial charge in [-0.2, -0.15) is 0 Å². The van der Waals surface area contributed by atoms with Crippen LogP contribution >= 0.6 is 0 Å². The molecule has 5 heteroatoms. The van der Waals surface area contributed by atoms with Gasteiger partial charge in [-0.15, -0.1) is 0 Å². The SMILES string of the molecule is CC(C)c1ccc(CNCCS(C)(=O)=O)o1. The van der Waals surface area contributed by atoms with Crippen LogP contribution in [0.15, 0.2) is 16.5 Å². The fourth-order valence-electron chi connectivity index (χ4n) is 1.27. The highest BCUT2D eigenvalue weighted by molar-refractivity contribution is 7.90. The van der Waals surface area contributed by atoms with E-state index in [2.05, 4.69) is 19.2 Å². The van der Waals surface area contributed by atoms with E-state index in [4.69, 9.17) is 4.42 Å². The van der Waals surface area contributed by atoms with Crippen molar-refractivity contribution in [1.82, 2.24) is 5.32 Å². The van der Waals surface area contributed by atoms with Crippen molar-refractivity contribution < 1.29 is 12.8 Å². The molecular formula is C11H19NO3S. The average Bonchev–Trinajstić information content (AvgIpc) is 2.59. The van der Waals surface area contributed by atoms with E-state index in [1.54, 1.807) is 0 Å². The quantitative estimate of drug-likeness (QED) is 0.772. The van der Waals surface area contributed by atoms with E-state index in [1.807, 2.05) is 12.1 Å². The summed E-state index contributed by atoms with van der Waals surface area (Å²) in [5.74, 6) is 2.34. The number of furan rings is 1. The summed E-state index contributed by atoms with van der Waals surface area (Å²) in [6.07, 6.45) is 1.23. The molecule has 1 aromatic heterocycles. The highest BCUT2D eigenvalue weighted by atomic mass is 32.2. The van der Waals surface area contributed by atoms with Gasteiger partial charge in [-0.25, -0.2) is 8.42 Å². The second kappa shape index (κ2) is 5.50. The van der Waals surface area contributed by atoms with Crippen molar-refractivity contribution in [3.8, 4) is 0 Å². The lowest BCUT2D eigenvalue weighted by molar-refractivity contribution is 0.434. The Balaban J connectivity index is 2.32. The minimum Gasteiger partial charge on any atom is -0.464 e. The van der Waals surface area contributed by atoms with Gasteiger partial charge in [0.05, 0.1) is 12.3 Å².